The van der Waals surface area contributed by atoms with Crippen molar-refractivity contribution in [2.24, 2.45) is 0 Å². The molecule has 0 spiro atoms. The van der Waals surface area contributed by atoms with Crippen LogP contribution in [0.5, 0.6) is 5.75 Å². The summed E-state index contributed by atoms with van der Waals surface area (Å²) >= 11 is 0. The summed E-state index contributed by atoms with van der Waals surface area (Å²) in [4.78, 5) is 0. The van der Waals surface area contributed by atoms with Gasteiger partial charge in [-0.3, -0.25) is 4.68 Å². The Labute approximate surface area is 114 Å². The second-order valence-corrected chi connectivity index (χ2v) is 4.78. The van der Waals surface area contributed by atoms with Gasteiger partial charge in [-0.2, -0.15) is 5.10 Å². The number of likely N-dealkylation sites (N-methyl/N-ethyl adjacent to an activating group) is 1. The van der Waals surface area contributed by atoms with Gasteiger partial charge >= 0.3 is 0 Å². The Morgan fingerprint density at radius 3 is 2.42 bits per heavy atom. The third kappa shape index (κ3) is 2.96. The van der Waals surface area contributed by atoms with Gasteiger partial charge in [-0.05, 0) is 44.2 Å². The lowest BCUT2D eigenvalue weighted by molar-refractivity contribution is 0.371. The van der Waals surface area contributed by atoms with Crippen molar-refractivity contribution < 1.29 is 4.74 Å². The Balaban J connectivity index is 2.23. The summed E-state index contributed by atoms with van der Waals surface area (Å²) in [6, 6.07) is 8.61. The molecule has 2 atom stereocenters. The zero-order valence-electron chi connectivity index (χ0n) is 11.9. The van der Waals surface area contributed by atoms with Gasteiger partial charge in [0.2, 0.25) is 0 Å². The van der Waals surface area contributed by atoms with Gasteiger partial charge in [0.15, 0.2) is 0 Å². The average molecular weight is 259 g/mol. The second kappa shape index (κ2) is 5.89. The molecule has 0 radical (unpaired) electrons. The molecular weight excluding hydrogens is 238 g/mol. The third-order valence-electron chi connectivity index (χ3n) is 3.42. The van der Waals surface area contributed by atoms with Crippen LogP contribution in [-0.4, -0.2) is 23.9 Å². The van der Waals surface area contributed by atoms with E-state index in [1.165, 1.54) is 11.1 Å². The van der Waals surface area contributed by atoms with Crippen LogP contribution in [0.1, 0.15) is 30.1 Å². The first-order chi connectivity index (χ1) is 9.15. The van der Waals surface area contributed by atoms with Gasteiger partial charge in [0.25, 0.3) is 0 Å². The van der Waals surface area contributed by atoms with Crippen molar-refractivity contribution in [3.05, 3.63) is 47.8 Å². The number of benzene rings is 1. The third-order valence-corrected chi connectivity index (χ3v) is 3.42. The van der Waals surface area contributed by atoms with E-state index < -0.39 is 0 Å². The molecule has 2 rings (SSSR count). The number of aromatic nitrogens is 2. The van der Waals surface area contributed by atoms with Gasteiger partial charge < -0.3 is 10.1 Å². The maximum atomic E-state index is 5.19. The first kappa shape index (κ1) is 13.6. The summed E-state index contributed by atoms with van der Waals surface area (Å²) in [6.07, 6.45) is 3.95. The van der Waals surface area contributed by atoms with Gasteiger partial charge in [-0.25, -0.2) is 0 Å². The van der Waals surface area contributed by atoms with Crippen molar-refractivity contribution in [3.63, 3.8) is 0 Å². The van der Waals surface area contributed by atoms with Crippen LogP contribution in [0.3, 0.4) is 0 Å². The lowest BCUT2D eigenvalue weighted by Crippen LogP contribution is -2.26. The van der Waals surface area contributed by atoms with Crippen LogP contribution in [-0.2, 0) is 0 Å². The number of nitrogens with one attached hydrogen (secondary N) is 1. The molecule has 1 N–H and O–H groups in total. The molecule has 2 unspecified atom stereocenters. The molecule has 1 heterocycles. The quantitative estimate of drug-likeness (QED) is 0.897. The minimum Gasteiger partial charge on any atom is -0.497 e. The number of hydrogen-bond acceptors (Lipinski definition) is 3. The van der Waals surface area contributed by atoms with E-state index in [0.717, 1.165) is 5.75 Å². The number of aryl methyl sites for hydroxylation is 1. The van der Waals surface area contributed by atoms with E-state index in [-0.39, 0.29) is 12.1 Å². The van der Waals surface area contributed by atoms with Crippen LogP contribution in [0.15, 0.2) is 36.7 Å². The van der Waals surface area contributed by atoms with E-state index >= 15 is 0 Å². The molecule has 0 bridgehead atoms. The molecule has 19 heavy (non-hydrogen) atoms. The number of hydrogen-bond donors (Lipinski definition) is 1. The highest BCUT2D eigenvalue weighted by Crippen LogP contribution is 2.26. The maximum Gasteiger partial charge on any atom is 0.118 e. The second-order valence-electron chi connectivity index (χ2n) is 4.78. The van der Waals surface area contributed by atoms with E-state index in [0.29, 0.717) is 0 Å². The fourth-order valence-corrected chi connectivity index (χ4v) is 2.31. The first-order valence-corrected chi connectivity index (χ1v) is 6.47. The summed E-state index contributed by atoms with van der Waals surface area (Å²) in [5.74, 6) is 0.876. The largest absolute Gasteiger partial charge is 0.497 e. The summed E-state index contributed by atoms with van der Waals surface area (Å²) in [5.41, 5.74) is 2.40. The standard InChI is InChI=1S/C15H21N3O/c1-11-9-17-18(10-11)12(2)15(16-3)13-5-7-14(19-4)8-6-13/h5-10,12,15-16H,1-4H3. The molecule has 0 fully saturated rings. The molecule has 0 saturated heterocycles. The minimum atomic E-state index is 0.213. The number of rotatable bonds is 5. The Bertz CT molecular complexity index is 518. The highest BCUT2D eigenvalue weighted by Gasteiger charge is 2.19. The van der Waals surface area contributed by atoms with E-state index in [4.69, 9.17) is 4.74 Å². The molecule has 0 amide bonds. The minimum absolute atomic E-state index is 0.213. The van der Waals surface area contributed by atoms with E-state index in [1.807, 2.05) is 30.1 Å². The SMILES string of the molecule is CNC(c1ccc(OC)cc1)C(C)n1cc(C)cn1. The summed E-state index contributed by atoms with van der Waals surface area (Å²) in [6.45, 7) is 4.22. The predicted molar refractivity (Wildman–Crippen MR) is 76.5 cm³/mol. The molecule has 1 aromatic heterocycles. The molecule has 0 aliphatic heterocycles. The lowest BCUT2D eigenvalue weighted by atomic mass is 10.0. The Hall–Kier alpha value is -1.81. The summed E-state index contributed by atoms with van der Waals surface area (Å²) in [5, 5.41) is 7.76. The molecular formula is C15H21N3O. The lowest BCUT2D eigenvalue weighted by Gasteiger charge is -2.24. The van der Waals surface area contributed by atoms with Crippen LogP contribution in [0.25, 0.3) is 0 Å². The fraction of sp³-hybridized carbons (Fsp3) is 0.400. The van der Waals surface area contributed by atoms with Crippen molar-refractivity contribution in [2.45, 2.75) is 25.9 Å². The van der Waals surface area contributed by atoms with Crippen LogP contribution in [0.4, 0.5) is 0 Å². The van der Waals surface area contributed by atoms with Gasteiger partial charge in [0.1, 0.15) is 5.75 Å². The van der Waals surface area contributed by atoms with Gasteiger partial charge in [0, 0.05) is 6.20 Å². The van der Waals surface area contributed by atoms with Crippen molar-refractivity contribution >= 4 is 0 Å². The van der Waals surface area contributed by atoms with Gasteiger partial charge in [0.05, 0.1) is 25.4 Å². The van der Waals surface area contributed by atoms with E-state index in [2.05, 4.69) is 42.6 Å². The Morgan fingerprint density at radius 1 is 1.26 bits per heavy atom. The average Bonchev–Trinajstić information content (AvgIpc) is 2.87. The number of nitrogens with zero attached hydrogens (tertiary/aromatic N) is 2. The van der Waals surface area contributed by atoms with Crippen LogP contribution in [0, 0.1) is 6.92 Å². The smallest absolute Gasteiger partial charge is 0.118 e. The topological polar surface area (TPSA) is 39.1 Å². The zero-order valence-corrected chi connectivity index (χ0v) is 11.9. The van der Waals surface area contributed by atoms with E-state index in [9.17, 15) is 0 Å². The van der Waals surface area contributed by atoms with Crippen molar-refractivity contribution in [2.75, 3.05) is 14.2 Å². The van der Waals surface area contributed by atoms with Crippen molar-refractivity contribution in [1.29, 1.82) is 0 Å². The molecule has 102 valence electrons. The molecule has 0 saturated carbocycles. The van der Waals surface area contributed by atoms with Crippen LogP contribution < -0.4 is 10.1 Å². The Morgan fingerprint density at radius 2 is 1.95 bits per heavy atom. The summed E-state index contributed by atoms with van der Waals surface area (Å²) in [7, 11) is 3.65. The van der Waals surface area contributed by atoms with E-state index in [1.54, 1.807) is 7.11 Å². The molecule has 1 aromatic carbocycles. The first-order valence-electron chi connectivity index (χ1n) is 6.47. The van der Waals surface area contributed by atoms with Gasteiger partial charge in [-0.15, -0.1) is 0 Å². The van der Waals surface area contributed by atoms with Crippen molar-refractivity contribution in [1.82, 2.24) is 15.1 Å². The molecule has 2 aromatic rings. The van der Waals surface area contributed by atoms with Gasteiger partial charge in [-0.1, -0.05) is 12.1 Å². The monoisotopic (exact) mass is 259 g/mol. The normalized spacial score (nSPS) is 14.1. The molecule has 0 aliphatic rings. The molecule has 0 aliphatic carbocycles. The predicted octanol–water partition coefficient (Wildman–Crippen LogP) is 2.72. The van der Waals surface area contributed by atoms with Crippen LogP contribution in [0.2, 0.25) is 0 Å². The fourth-order valence-electron chi connectivity index (χ4n) is 2.31. The number of ether oxygens (including phenoxy) is 1. The zero-order chi connectivity index (χ0) is 13.8. The maximum absolute atomic E-state index is 5.19. The molecule has 4 heteroatoms. The number of methoxy groups -OCH3 is 1. The highest BCUT2D eigenvalue weighted by molar-refractivity contribution is 5.29. The highest BCUT2D eigenvalue weighted by atomic mass is 16.5. The van der Waals surface area contributed by atoms with Crippen molar-refractivity contribution in [3.8, 4) is 5.75 Å². The Kier molecular flexibility index (Phi) is 4.22. The summed E-state index contributed by atoms with van der Waals surface area (Å²) < 4.78 is 7.19. The molecule has 4 nitrogen and oxygen atoms in total. The van der Waals surface area contributed by atoms with Crippen LogP contribution >= 0.6 is 0 Å².